The number of para-hydroxylation sites is 1. The number of aryl methyl sites for hydroxylation is 1. The first-order valence-electron chi connectivity index (χ1n) is 9.75. The monoisotopic (exact) mass is 453 g/mol. The molecule has 1 aliphatic rings. The van der Waals surface area contributed by atoms with Gasteiger partial charge in [-0.25, -0.2) is 9.59 Å². The van der Waals surface area contributed by atoms with Crippen molar-refractivity contribution in [3.05, 3.63) is 81.7 Å². The van der Waals surface area contributed by atoms with Gasteiger partial charge in [0.05, 0.1) is 24.4 Å². The van der Waals surface area contributed by atoms with Crippen LogP contribution in [0.2, 0.25) is 5.02 Å². The Labute approximate surface area is 189 Å². The first-order chi connectivity index (χ1) is 15.3. The number of carbonyl (C=O) groups is 3. The Kier molecular flexibility index (Phi) is 5.63. The molecular weight excluding hydrogens is 434 g/mol. The van der Waals surface area contributed by atoms with Crippen LogP contribution in [0.4, 0.5) is 4.79 Å². The topological polar surface area (TPSA) is 93.8 Å². The summed E-state index contributed by atoms with van der Waals surface area (Å²) in [6.07, 6.45) is 1.64. The van der Waals surface area contributed by atoms with Crippen molar-refractivity contribution in [1.29, 1.82) is 0 Å². The summed E-state index contributed by atoms with van der Waals surface area (Å²) >= 11 is 6.36. The number of rotatable bonds is 5. The van der Waals surface area contributed by atoms with Gasteiger partial charge in [0, 0.05) is 11.4 Å². The van der Waals surface area contributed by atoms with E-state index >= 15 is 0 Å². The zero-order valence-electron chi connectivity index (χ0n) is 17.6. The minimum absolute atomic E-state index is 0.00247. The van der Waals surface area contributed by atoms with Crippen LogP contribution in [-0.4, -0.2) is 34.5 Å². The van der Waals surface area contributed by atoms with Crippen LogP contribution in [0.25, 0.3) is 11.8 Å². The molecule has 0 unspecified atom stereocenters. The fourth-order valence-electron chi connectivity index (χ4n) is 3.64. The molecule has 3 heterocycles. The van der Waals surface area contributed by atoms with E-state index in [1.165, 1.54) is 19.2 Å². The van der Waals surface area contributed by atoms with Crippen LogP contribution < -0.4 is 5.32 Å². The average molecular weight is 454 g/mol. The third-order valence-corrected chi connectivity index (χ3v) is 5.51. The summed E-state index contributed by atoms with van der Waals surface area (Å²) in [5, 5.41) is 3.21. The summed E-state index contributed by atoms with van der Waals surface area (Å²) in [4.78, 5) is 37.8. The molecule has 1 N–H and O–H groups in total. The number of furan rings is 1. The molecule has 0 atom stereocenters. The number of esters is 1. The maximum absolute atomic E-state index is 12.9. The molecule has 0 spiro atoms. The molecule has 0 radical (unpaired) electrons. The van der Waals surface area contributed by atoms with E-state index in [9.17, 15) is 14.4 Å². The Hall–Kier alpha value is -3.78. The Morgan fingerprint density at radius 1 is 1.19 bits per heavy atom. The Morgan fingerprint density at radius 2 is 1.94 bits per heavy atom. The molecule has 1 fully saturated rings. The first-order valence-corrected chi connectivity index (χ1v) is 10.1. The van der Waals surface area contributed by atoms with E-state index in [1.54, 1.807) is 6.08 Å². The van der Waals surface area contributed by atoms with Crippen molar-refractivity contribution in [2.24, 2.45) is 0 Å². The molecule has 1 aromatic carbocycles. The van der Waals surface area contributed by atoms with E-state index in [-0.39, 0.29) is 23.8 Å². The second-order valence-corrected chi connectivity index (χ2v) is 7.66. The number of ether oxygens (including phenoxy) is 1. The molecule has 164 valence electrons. The van der Waals surface area contributed by atoms with Crippen LogP contribution in [0.15, 0.2) is 52.6 Å². The maximum Gasteiger partial charge on any atom is 0.373 e. The second kappa shape index (κ2) is 8.39. The van der Waals surface area contributed by atoms with E-state index in [1.807, 2.05) is 48.7 Å². The molecule has 0 aliphatic carbocycles. The van der Waals surface area contributed by atoms with Gasteiger partial charge in [0.1, 0.15) is 11.5 Å². The highest BCUT2D eigenvalue weighted by Crippen LogP contribution is 2.28. The summed E-state index contributed by atoms with van der Waals surface area (Å²) in [5.74, 6) is -0.846. The van der Waals surface area contributed by atoms with E-state index < -0.39 is 17.9 Å². The summed E-state index contributed by atoms with van der Waals surface area (Å²) in [6.45, 7) is 3.74. The lowest BCUT2D eigenvalue weighted by molar-refractivity contribution is -0.123. The summed E-state index contributed by atoms with van der Waals surface area (Å²) in [7, 11) is 1.24. The van der Waals surface area contributed by atoms with Gasteiger partial charge in [-0.2, -0.15) is 0 Å². The lowest BCUT2D eigenvalue weighted by atomic mass is 10.2. The summed E-state index contributed by atoms with van der Waals surface area (Å²) in [5.41, 5.74) is 3.56. The second-order valence-electron chi connectivity index (χ2n) is 7.25. The molecule has 4 rings (SSSR count). The predicted molar refractivity (Wildman–Crippen MR) is 117 cm³/mol. The van der Waals surface area contributed by atoms with Gasteiger partial charge in [-0.1, -0.05) is 23.7 Å². The number of carbonyl (C=O) groups excluding carboxylic acids is 3. The maximum atomic E-state index is 12.9. The minimum Gasteiger partial charge on any atom is -0.463 e. The Bertz CT molecular complexity index is 1270. The van der Waals surface area contributed by atoms with Crippen LogP contribution in [0.5, 0.6) is 0 Å². The van der Waals surface area contributed by atoms with Gasteiger partial charge >= 0.3 is 12.0 Å². The van der Waals surface area contributed by atoms with Crippen molar-refractivity contribution in [2.45, 2.75) is 20.4 Å². The van der Waals surface area contributed by atoms with Gasteiger partial charge < -0.3 is 19.0 Å². The molecule has 0 bridgehead atoms. The van der Waals surface area contributed by atoms with Gasteiger partial charge in [0.25, 0.3) is 5.91 Å². The van der Waals surface area contributed by atoms with E-state index in [4.69, 9.17) is 16.0 Å². The lowest BCUT2D eigenvalue weighted by Gasteiger charge is -2.11. The molecule has 3 aromatic rings. The van der Waals surface area contributed by atoms with E-state index in [0.29, 0.717) is 5.02 Å². The number of aromatic nitrogens is 1. The molecular formula is C23H20ClN3O5. The van der Waals surface area contributed by atoms with Crippen molar-refractivity contribution in [3.63, 3.8) is 0 Å². The van der Waals surface area contributed by atoms with Gasteiger partial charge in [0.15, 0.2) is 0 Å². The lowest BCUT2D eigenvalue weighted by Crippen LogP contribution is -2.30. The number of nitrogens with one attached hydrogen (secondary N) is 1. The summed E-state index contributed by atoms with van der Waals surface area (Å²) in [6, 6.07) is 11.8. The van der Waals surface area contributed by atoms with Crippen LogP contribution in [0, 0.1) is 13.8 Å². The Morgan fingerprint density at radius 3 is 2.66 bits per heavy atom. The SMILES string of the molecule is COC(=O)c1ccc(CN2C(=O)NC(=Cc3cc(C)n(-c4ccccc4Cl)c3C)C2=O)o1. The van der Waals surface area contributed by atoms with Crippen molar-refractivity contribution in [3.8, 4) is 5.69 Å². The van der Waals surface area contributed by atoms with Crippen molar-refractivity contribution < 1.29 is 23.5 Å². The zero-order chi connectivity index (χ0) is 23.0. The number of nitrogens with zero attached hydrogens (tertiary/aromatic N) is 2. The fraction of sp³-hybridized carbons (Fsp3) is 0.174. The molecule has 3 amide bonds. The Balaban J connectivity index is 1.60. The number of imide groups is 1. The van der Waals surface area contributed by atoms with E-state index in [0.717, 1.165) is 27.5 Å². The van der Waals surface area contributed by atoms with E-state index in [2.05, 4.69) is 10.1 Å². The standard InChI is InChI=1S/C23H20ClN3O5/c1-13-10-15(14(2)27(13)19-7-5-4-6-17(19)24)11-18-21(28)26(23(30)25-18)12-16-8-9-20(32-16)22(29)31-3/h4-11H,12H2,1-3H3,(H,25,30). The first kappa shape index (κ1) is 21.5. The highest BCUT2D eigenvalue weighted by atomic mass is 35.5. The highest BCUT2D eigenvalue weighted by Gasteiger charge is 2.34. The van der Waals surface area contributed by atoms with Crippen LogP contribution in [0.3, 0.4) is 0 Å². The molecule has 32 heavy (non-hydrogen) atoms. The number of urea groups is 1. The minimum atomic E-state index is -0.636. The molecule has 0 saturated carbocycles. The van der Waals surface area contributed by atoms with Crippen LogP contribution >= 0.6 is 11.6 Å². The zero-order valence-corrected chi connectivity index (χ0v) is 18.4. The van der Waals surface area contributed by atoms with Crippen molar-refractivity contribution in [2.75, 3.05) is 7.11 Å². The molecule has 9 heteroatoms. The third-order valence-electron chi connectivity index (χ3n) is 5.19. The third kappa shape index (κ3) is 3.80. The molecule has 2 aromatic heterocycles. The fourth-order valence-corrected chi connectivity index (χ4v) is 3.86. The van der Waals surface area contributed by atoms with Crippen LogP contribution in [-0.2, 0) is 16.1 Å². The number of hydrogen-bond donors (Lipinski definition) is 1. The quantitative estimate of drug-likeness (QED) is 0.354. The van der Waals surface area contributed by atoms with Crippen LogP contribution in [0.1, 0.15) is 33.3 Å². The van der Waals surface area contributed by atoms with Gasteiger partial charge in [-0.3, -0.25) is 9.69 Å². The molecule has 1 saturated heterocycles. The normalized spacial score (nSPS) is 14.9. The predicted octanol–water partition coefficient (Wildman–Crippen LogP) is 4.22. The van der Waals surface area contributed by atoms with Gasteiger partial charge in [-0.05, 0) is 55.8 Å². The number of halogens is 1. The van der Waals surface area contributed by atoms with Gasteiger partial charge in [-0.15, -0.1) is 0 Å². The van der Waals surface area contributed by atoms with Gasteiger partial charge in [0.2, 0.25) is 5.76 Å². The van der Waals surface area contributed by atoms with Crippen molar-refractivity contribution in [1.82, 2.24) is 14.8 Å². The summed E-state index contributed by atoms with van der Waals surface area (Å²) < 4.78 is 11.9. The average Bonchev–Trinajstić information content (AvgIpc) is 3.42. The number of hydrogen-bond acceptors (Lipinski definition) is 5. The number of methoxy groups -OCH3 is 1. The molecule has 8 nitrogen and oxygen atoms in total. The highest BCUT2D eigenvalue weighted by molar-refractivity contribution is 6.32. The smallest absolute Gasteiger partial charge is 0.373 e. The number of amides is 3. The number of benzene rings is 1. The van der Waals surface area contributed by atoms with Crippen molar-refractivity contribution >= 4 is 35.6 Å². The largest absolute Gasteiger partial charge is 0.463 e. The molecule has 1 aliphatic heterocycles.